The Morgan fingerprint density at radius 3 is 2.54 bits per heavy atom. The number of hydrogen-bond acceptors (Lipinski definition) is 2. The lowest BCUT2D eigenvalue weighted by Gasteiger charge is -2.19. The third kappa shape index (κ3) is 2.66. The smallest absolute Gasteiger partial charge is 0.195 e. The molecule has 0 saturated carbocycles. The van der Waals surface area contributed by atoms with Gasteiger partial charge in [-0.1, -0.05) is 27.7 Å². The minimum Gasteiger partial charge on any atom is -0.304 e. The molecule has 13 heavy (non-hydrogen) atoms. The van der Waals surface area contributed by atoms with Crippen molar-refractivity contribution in [2.45, 2.75) is 40.7 Å². The minimum absolute atomic E-state index is 0.242. The first kappa shape index (κ1) is 10.4. The van der Waals surface area contributed by atoms with Crippen molar-refractivity contribution < 1.29 is 0 Å². The van der Waals surface area contributed by atoms with E-state index in [1.54, 1.807) is 0 Å². The molecule has 0 aromatic carbocycles. The van der Waals surface area contributed by atoms with Gasteiger partial charge < -0.3 is 4.57 Å². The number of rotatable bonds is 2. The fourth-order valence-corrected chi connectivity index (χ4v) is 1.47. The van der Waals surface area contributed by atoms with Crippen LogP contribution < -0.4 is 0 Å². The van der Waals surface area contributed by atoms with Crippen LogP contribution in [0.3, 0.4) is 0 Å². The lowest BCUT2D eigenvalue weighted by molar-refractivity contribution is 0.336. The predicted molar refractivity (Wildman–Crippen MR) is 56.2 cm³/mol. The number of H-pyrrole nitrogens is 1. The van der Waals surface area contributed by atoms with Crippen LogP contribution in [0.5, 0.6) is 0 Å². The molecule has 0 atom stereocenters. The maximum absolute atomic E-state index is 5.15. The van der Waals surface area contributed by atoms with Crippen LogP contribution in [0.1, 0.15) is 33.5 Å². The largest absolute Gasteiger partial charge is 0.304 e. The molecule has 0 unspecified atom stereocenters. The summed E-state index contributed by atoms with van der Waals surface area (Å²) in [5, 5.41) is 6.99. The summed E-state index contributed by atoms with van der Waals surface area (Å²) in [4.78, 5) is 0. The van der Waals surface area contributed by atoms with Crippen LogP contribution in [0.15, 0.2) is 0 Å². The van der Waals surface area contributed by atoms with Crippen LogP contribution in [0.4, 0.5) is 0 Å². The number of nitrogens with zero attached hydrogens (tertiary/aromatic N) is 2. The zero-order chi connectivity index (χ0) is 10.1. The van der Waals surface area contributed by atoms with Crippen molar-refractivity contribution in [1.82, 2.24) is 14.8 Å². The van der Waals surface area contributed by atoms with E-state index in [4.69, 9.17) is 12.2 Å². The van der Waals surface area contributed by atoms with E-state index in [0.717, 1.165) is 23.6 Å². The second-order valence-electron chi connectivity index (χ2n) is 4.45. The summed E-state index contributed by atoms with van der Waals surface area (Å²) in [6.45, 7) is 9.60. The molecule has 1 aromatic rings. The third-order valence-electron chi connectivity index (χ3n) is 1.79. The van der Waals surface area contributed by atoms with Gasteiger partial charge in [0.05, 0.1) is 0 Å². The van der Waals surface area contributed by atoms with E-state index in [0.29, 0.717) is 0 Å². The van der Waals surface area contributed by atoms with Crippen molar-refractivity contribution in [3.05, 3.63) is 10.6 Å². The highest BCUT2D eigenvalue weighted by atomic mass is 32.1. The van der Waals surface area contributed by atoms with Crippen molar-refractivity contribution in [3.63, 3.8) is 0 Å². The quantitative estimate of drug-likeness (QED) is 0.743. The Balaban J connectivity index is 2.99. The summed E-state index contributed by atoms with van der Waals surface area (Å²) >= 11 is 5.15. The Labute approximate surface area is 84.2 Å². The Hall–Kier alpha value is -0.640. The van der Waals surface area contributed by atoms with Gasteiger partial charge in [0, 0.05) is 13.0 Å². The summed E-state index contributed by atoms with van der Waals surface area (Å²) in [5.74, 6) is 1.04. The van der Waals surface area contributed by atoms with Gasteiger partial charge in [-0.2, -0.15) is 5.10 Å². The van der Waals surface area contributed by atoms with E-state index in [1.807, 2.05) is 0 Å². The van der Waals surface area contributed by atoms with Gasteiger partial charge in [-0.05, 0) is 17.6 Å². The molecule has 1 heterocycles. The molecule has 0 spiro atoms. The molecule has 1 aromatic heterocycles. The summed E-state index contributed by atoms with van der Waals surface area (Å²) < 4.78 is 2.81. The van der Waals surface area contributed by atoms with Gasteiger partial charge in [0.15, 0.2) is 4.77 Å². The summed E-state index contributed by atoms with van der Waals surface area (Å²) in [5.41, 5.74) is 0.242. The lowest BCUT2D eigenvalue weighted by Crippen LogP contribution is -2.17. The Kier molecular flexibility index (Phi) is 2.91. The van der Waals surface area contributed by atoms with Crippen molar-refractivity contribution in [3.8, 4) is 0 Å². The molecule has 1 rings (SSSR count). The molecule has 0 amide bonds. The number of nitrogens with one attached hydrogen (secondary N) is 1. The molecule has 3 nitrogen and oxygen atoms in total. The molecule has 0 aliphatic heterocycles. The van der Waals surface area contributed by atoms with E-state index < -0.39 is 0 Å². The van der Waals surface area contributed by atoms with Crippen LogP contribution in [0.2, 0.25) is 0 Å². The van der Waals surface area contributed by atoms with Crippen LogP contribution >= 0.6 is 12.2 Å². The second kappa shape index (κ2) is 3.62. The van der Waals surface area contributed by atoms with Gasteiger partial charge in [-0.3, -0.25) is 5.10 Å². The maximum Gasteiger partial charge on any atom is 0.195 e. The monoisotopic (exact) mass is 199 g/mol. The molecule has 0 radical (unpaired) electrons. The highest BCUT2D eigenvalue weighted by molar-refractivity contribution is 7.71. The van der Waals surface area contributed by atoms with E-state index >= 15 is 0 Å². The first-order valence-electron chi connectivity index (χ1n) is 4.58. The summed E-state index contributed by atoms with van der Waals surface area (Å²) in [6.07, 6.45) is 0.920. The minimum atomic E-state index is 0.242. The molecule has 4 heteroatoms. The average molecular weight is 199 g/mol. The van der Waals surface area contributed by atoms with E-state index in [-0.39, 0.29) is 5.41 Å². The van der Waals surface area contributed by atoms with Crippen molar-refractivity contribution in [2.75, 3.05) is 0 Å². The molecule has 0 fully saturated rings. The highest BCUT2D eigenvalue weighted by Crippen LogP contribution is 2.17. The van der Waals surface area contributed by atoms with Gasteiger partial charge in [-0.25, -0.2) is 0 Å². The number of aromatic amines is 1. The number of hydrogen-bond donors (Lipinski definition) is 1. The zero-order valence-electron chi connectivity index (χ0n) is 8.72. The molecular weight excluding hydrogens is 182 g/mol. The van der Waals surface area contributed by atoms with Crippen molar-refractivity contribution >= 4 is 12.2 Å². The van der Waals surface area contributed by atoms with E-state index in [2.05, 4.69) is 42.5 Å². The van der Waals surface area contributed by atoms with Crippen LogP contribution in [0, 0.1) is 10.2 Å². The normalized spacial score (nSPS) is 12.0. The lowest BCUT2D eigenvalue weighted by atomic mass is 9.97. The molecular formula is C9H17N3S. The van der Waals surface area contributed by atoms with Crippen molar-refractivity contribution in [2.24, 2.45) is 5.41 Å². The molecule has 0 aliphatic carbocycles. The average Bonchev–Trinajstić information content (AvgIpc) is 2.30. The summed E-state index contributed by atoms with van der Waals surface area (Å²) in [7, 11) is 0. The molecule has 74 valence electrons. The van der Waals surface area contributed by atoms with E-state index in [9.17, 15) is 0 Å². The molecule has 0 bridgehead atoms. The van der Waals surface area contributed by atoms with Gasteiger partial charge in [-0.15, -0.1) is 0 Å². The molecule has 0 aliphatic rings. The zero-order valence-corrected chi connectivity index (χ0v) is 9.53. The van der Waals surface area contributed by atoms with Crippen LogP contribution in [0.25, 0.3) is 0 Å². The number of aromatic nitrogens is 3. The topological polar surface area (TPSA) is 33.6 Å². The predicted octanol–water partition coefficient (Wildman–Crippen LogP) is 2.55. The number of aryl methyl sites for hydroxylation is 1. The van der Waals surface area contributed by atoms with Crippen LogP contribution in [-0.2, 0) is 13.0 Å². The molecule has 0 saturated heterocycles. The molecule has 1 N–H and O–H groups in total. The second-order valence-corrected chi connectivity index (χ2v) is 4.83. The van der Waals surface area contributed by atoms with Crippen molar-refractivity contribution in [1.29, 1.82) is 0 Å². The van der Waals surface area contributed by atoms with Gasteiger partial charge >= 0.3 is 0 Å². The van der Waals surface area contributed by atoms with E-state index in [1.165, 1.54) is 0 Å². The fourth-order valence-electron chi connectivity index (χ4n) is 1.26. The Morgan fingerprint density at radius 2 is 2.08 bits per heavy atom. The SMILES string of the molecule is CCc1n[nH]c(=S)n1CC(C)(C)C. The Bertz CT molecular complexity index is 329. The fraction of sp³-hybridized carbons (Fsp3) is 0.778. The van der Waals surface area contributed by atoms with Gasteiger partial charge in [0.2, 0.25) is 0 Å². The maximum atomic E-state index is 5.15. The highest BCUT2D eigenvalue weighted by Gasteiger charge is 2.14. The standard InChI is InChI=1S/C9H17N3S/c1-5-7-10-11-8(13)12(7)6-9(2,3)4/h5-6H2,1-4H3,(H,11,13). The van der Waals surface area contributed by atoms with Gasteiger partial charge in [0.1, 0.15) is 5.82 Å². The Morgan fingerprint density at radius 1 is 1.46 bits per heavy atom. The van der Waals surface area contributed by atoms with Gasteiger partial charge in [0.25, 0.3) is 0 Å². The first-order chi connectivity index (χ1) is 5.94. The third-order valence-corrected chi connectivity index (χ3v) is 2.10. The summed E-state index contributed by atoms with van der Waals surface area (Å²) in [6, 6.07) is 0. The van der Waals surface area contributed by atoms with Crippen LogP contribution in [-0.4, -0.2) is 14.8 Å². The first-order valence-corrected chi connectivity index (χ1v) is 4.99.